The van der Waals surface area contributed by atoms with Crippen LogP contribution in [0.1, 0.15) is 26.7 Å². The van der Waals surface area contributed by atoms with E-state index in [1.165, 1.54) is 0 Å². The minimum atomic E-state index is -0.326. The average molecular weight is 186 g/mol. The molecule has 4 heteroatoms. The molecule has 0 aromatic carbocycles. The van der Waals surface area contributed by atoms with Gasteiger partial charge in [-0.15, -0.1) is 0 Å². The topological polar surface area (TPSA) is 64.3 Å². The lowest BCUT2D eigenvalue weighted by Crippen LogP contribution is -2.46. The van der Waals surface area contributed by atoms with Crippen molar-refractivity contribution in [1.82, 2.24) is 5.32 Å². The van der Waals surface area contributed by atoms with Crippen LogP contribution in [0.2, 0.25) is 0 Å². The molecule has 13 heavy (non-hydrogen) atoms. The van der Waals surface area contributed by atoms with Crippen LogP contribution in [0.25, 0.3) is 0 Å². The molecule has 0 radical (unpaired) electrons. The number of carbonyl (C=O) groups excluding carboxylic acids is 1. The van der Waals surface area contributed by atoms with E-state index in [1.807, 2.05) is 13.8 Å². The van der Waals surface area contributed by atoms with Crippen molar-refractivity contribution in [2.75, 3.05) is 6.61 Å². The van der Waals surface area contributed by atoms with Gasteiger partial charge in [-0.05, 0) is 26.7 Å². The van der Waals surface area contributed by atoms with Gasteiger partial charge in [0.15, 0.2) is 0 Å². The largest absolute Gasteiger partial charge is 0.377 e. The van der Waals surface area contributed by atoms with Crippen LogP contribution in [0, 0.1) is 0 Å². The lowest BCUT2D eigenvalue weighted by molar-refractivity contribution is -0.122. The van der Waals surface area contributed by atoms with Gasteiger partial charge in [-0.1, -0.05) is 0 Å². The van der Waals surface area contributed by atoms with Gasteiger partial charge >= 0.3 is 0 Å². The first-order valence-electron chi connectivity index (χ1n) is 4.76. The van der Waals surface area contributed by atoms with Crippen molar-refractivity contribution in [3.8, 4) is 0 Å². The van der Waals surface area contributed by atoms with Crippen molar-refractivity contribution < 1.29 is 9.53 Å². The summed E-state index contributed by atoms with van der Waals surface area (Å²) in [5.74, 6) is -0.326. The molecule has 1 fully saturated rings. The summed E-state index contributed by atoms with van der Waals surface area (Å²) in [4.78, 5) is 11.0. The Hall–Kier alpha value is -0.610. The van der Waals surface area contributed by atoms with Gasteiger partial charge in [0.05, 0.1) is 12.7 Å². The molecule has 0 aliphatic heterocycles. The van der Waals surface area contributed by atoms with Gasteiger partial charge in [-0.3, -0.25) is 4.79 Å². The number of hydrogen-bond donors (Lipinski definition) is 2. The average Bonchev–Trinajstić information content (AvgIpc) is 2.80. The minimum Gasteiger partial charge on any atom is -0.377 e. The Labute approximate surface area is 78.8 Å². The third-order valence-electron chi connectivity index (χ3n) is 1.95. The first-order chi connectivity index (χ1) is 6.09. The fourth-order valence-electron chi connectivity index (χ4n) is 1.04. The first-order valence-corrected chi connectivity index (χ1v) is 4.76. The number of ether oxygens (including phenoxy) is 1. The molecule has 1 atom stereocenters. The summed E-state index contributed by atoms with van der Waals surface area (Å²) in [6, 6.07) is 0.156. The number of amides is 1. The number of primary amides is 1. The molecule has 0 aromatic rings. The Bertz CT molecular complexity index is 178. The second-order valence-electron chi connectivity index (χ2n) is 3.78. The van der Waals surface area contributed by atoms with Crippen LogP contribution >= 0.6 is 0 Å². The summed E-state index contributed by atoms with van der Waals surface area (Å²) in [6.45, 7) is 4.26. The maximum absolute atomic E-state index is 11.0. The molecule has 1 amide bonds. The van der Waals surface area contributed by atoms with Crippen molar-refractivity contribution in [2.24, 2.45) is 5.73 Å². The molecule has 1 aliphatic carbocycles. The number of hydrogen-bond acceptors (Lipinski definition) is 3. The zero-order chi connectivity index (χ0) is 9.84. The highest BCUT2D eigenvalue weighted by Gasteiger charge is 2.27. The maximum Gasteiger partial charge on any atom is 0.236 e. The third-order valence-corrected chi connectivity index (χ3v) is 1.95. The van der Waals surface area contributed by atoms with Crippen molar-refractivity contribution in [3.05, 3.63) is 0 Å². The fourth-order valence-corrected chi connectivity index (χ4v) is 1.04. The Kier molecular flexibility index (Phi) is 3.69. The van der Waals surface area contributed by atoms with Gasteiger partial charge in [0.25, 0.3) is 0 Å². The maximum atomic E-state index is 11.0. The summed E-state index contributed by atoms with van der Waals surface area (Å²) < 4.78 is 5.33. The van der Waals surface area contributed by atoms with Crippen LogP contribution in [0.5, 0.6) is 0 Å². The highest BCUT2D eigenvalue weighted by Crippen LogP contribution is 2.19. The van der Waals surface area contributed by atoms with E-state index < -0.39 is 0 Å². The Balaban J connectivity index is 2.24. The van der Waals surface area contributed by atoms with E-state index in [0.717, 1.165) is 12.8 Å². The van der Waals surface area contributed by atoms with Crippen LogP contribution in [0.4, 0.5) is 0 Å². The van der Waals surface area contributed by atoms with Crippen LogP contribution < -0.4 is 11.1 Å². The molecule has 1 unspecified atom stereocenters. The van der Waals surface area contributed by atoms with Gasteiger partial charge in [0, 0.05) is 6.04 Å². The zero-order valence-electron chi connectivity index (χ0n) is 8.25. The van der Waals surface area contributed by atoms with Gasteiger partial charge < -0.3 is 15.8 Å². The van der Waals surface area contributed by atoms with E-state index in [0.29, 0.717) is 12.6 Å². The molecular weight excluding hydrogens is 168 g/mol. The molecule has 0 spiro atoms. The smallest absolute Gasteiger partial charge is 0.236 e. The molecule has 3 N–H and O–H groups in total. The van der Waals surface area contributed by atoms with E-state index in [1.54, 1.807) is 0 Å². The summed E-state index contributed by atoms with van der Waals surface area (Å²) in [6.07, 6.45) is 2.43. The standard InChI is InChI=1S/C9H18N2O2/c1-6(2)13-5-8(9(10)12)11-7-3-4-7/h6-8,11H,3-5H2,1-2H3,(H2,10,12). The second-order valence-corrected chi connectivity index (χ2v) is 3.78. The summed E-state index contributed by atoms with van der Waals surface area (Å²) >= 11 is 0. The van der Waals surface area contributed by atoms with E-state index in [-0.39, 0.29) is 18.1 Å². The van der Waals surface area contributed by atoms with Gasteiger partial charge in [0.2, 0.25) is 5.91 Å². The molecule has 0 bridgehead atoms. The van der Waals surface area contributed by atoms with Gasteiger partial charge in [0.1, 0.15) is 6.04 Å². The normalized spacial score (nSPS) is 19.0. The highest BCUT2D eigenvalue weighted by atomic mass is 16.5. The Morgan fingerprint density at radius 3 is 2.62 bits per heavy atom. The van der Waals surface area contributed by atoms with E-state index in [9.17, 15) is 4.79 Å². The van der Waals surface area contributed by atoms with Crippen molar-refractivity contribution in [1.29, 1.82) is 0 Å². The molecule has 1 rings (SSSR count). The molecule has 0 saturated heterocycles. The van der Waals surface area contributed by atoms with Crippen molar-refractivity contribution in [2.45, 2.75) is 44.9 Å². The van der Waals surface area contributed by atoms with Crippen molar-refractivity contribution >= 4 is 5.91 Å². The summed E-state index contributed by atoms with van der Waals surface area (Å²) in [7, 11) is 0. The number of carbonyl (C=O) groups is 1. The minimum absolute atomic E-state index is 0.142. The number of nitrogens with two attached hydrogens (primary N) is 1. The zero-order valence-corrected chi connectivity index (χ0v) is 8.25. The lowest BCUT2D eigenvalue weighted by atomic mass is 10.3. The SMILES string of the molecule is CC(C)OCC(NC1CC1)C(N)=O. The molecular formula is C9H18N2O2. The van der Waals surface area contributed by atoms with Crippen LogP contribution in [0.3, 0.4) is 0 Å². The first kappa shape index (κ1) is 10.5. The Morgan fingerprint density at radius 1 is 1.62 bits per heavy atom. The van der Waals surface area contributed by atoms with Gasteiger partial charge in [-0.25, -0.2) is 0 Å². The molecule has 4 nitrogen and oxygen atoms in total. The van der Waals surface area contributed by atoms with E-state index in [2.05, 4.69) is 5.32 Å². The molecule has 1 aliphatic rings. The predicted molar refractivity (Wildman–Crippen MR) is 50.2 cm³/mol. The van der Waals surface area contributed by atoms with E-state index >= 15 is 0 Å². The highest BCUT2D eigenvalue weighted by molar-refractivity contribution is 5.80. The summed E-state index contributed by atoms with van der Waals surface area (Å²) in [5, 5.41) is 3.15. The van der Waals surface area contributed by atoms with Crippen LogP contribution in [-0.2, 0) is 9.53 Å². The number of nitrogens with one attached hydrogen (secondary N) is 1. The Morgan fingerprint density at radius 2 is 2.23 bits per heavy atom. The lowest BCUT2D eigenvalue weighted by Gasteiger charge is -2.16. The molecule has 0 aromatic heterocycles. The number of rotatable bonds is 6. The molecule has 0 heterocycles. The summed E-state index contributed by atoms with van der Waals surface area (Å²) in [5.41, 5.74) is 5.22. The van der Waals surface area contributed by atoms with Crippen molar-refractivity contribution in [3.63, 3.8) is 0 Å². The van der Waals surface area contributed by atoms with Crippen LogP contribution in [-0.4, -0.2) is 30.7 Å². The molecule has 76 valence electrons. The predicted octanol–water partition coefficient (Wildman–Crippen LogP) is 0.0173. The monoisotopic (exact) mass is 186 g/mol. The fraction of sp³-hybridized carbons (Fsp3) is 0.889. The van der Waals surface area contributed by atoms with Gasteiger partial charge in [-0.2, -0.15) is 0 Å². The third kappa shape index (κ3) is 4.24. The second kappa shape index (κ2) is 4.58. The van der Waals surface area contributed by atoms with E-state index in [4.69, 9.17) is 10.5 Å². The quantitative estimate of drug-likeness (QED) is 0.614. The molecule has 1 saturated carbocycles. The van der Waals surface area contributed by atoms with Crippen LogP contribution in [0.15, 0.2) is 0 Å².